The monoisotopic (exact) mass is 208 g/mol. The van der Waals surface area contributed by atoms with Gasteiger partial charge in [-0.1, -0.05) is 28.1 Å². The summed E-state index contributed by atoms with van der Waals surface area (Å²) < 4.78 is 0.968. The molecule has 2 aliphatic carbocycles. The number of halogens is 1. The average molecular weight is 209 g/mol. The number of carbonyl (C=O) groups is 1. The Hall–Kier alpha value is -0.890. The van der Waals surface area contributed by atoms with Gasteiger partial charge >= 0.3 is 0 Å². The second-order valence-corrected chi connectivity index (χ2v) is 3.35. The fraction of sp³-hybridized carbons (Fsp3) is 0. The molecule has 0 saturated heterocycles. The number of allylic oxidation sites excluding steroid dienone is 8. The molecular formula is C9H5BrO. The van der Waals surface area contributed by atoms with E-state index in [0.29, 0.717) is 0 Å². The smallest absolute Gasteiger partial charge is 0.186 e. The van der Waals surface area contributed by atoms with Crippen LogP contribution in [0.15, 0.2) is 46.0 Å². The van der Waals surface area contributed by atoms with Crippen molar-refractivity contribution in [2.75, 3.05) is 0 Å². The van der Waals surface area contributed by atoms with Gasteiger partial charge in [-0.15, -0.1) is 0 Å². The molecule has 0 spiro atoms. The summed E-state index contributed by atoms with van der Waals surface area (Å²) in [5, 5.41) is 0. The molecule has 0 radical (unpaired) electrons. The van der Waals surface area contributed by atoms with Crippen molar-refractivity contribution in [1.82, 2.24) is 0 Å². The van der Waals surface area contributed by atoms with E-state index in [9.17, 15) is 4.79 Å². The SMILES string of the molecule is O=C1C=CC=C2C=C(Br)C=C12. The first kappa shape index (κ1) is 6.80. The highest BCUT2D eigenvalue weighted by molar-refractivity contribution is 9.11. The van der Waals surface area contributed by atoms with Crippen LogP contribution >= 0.6 is 15.9 Å². The van der Waals surface area contributed by atoms with Gasteiger partial charge in [0.25, 0.3) is 0 Å². The highest BCUT2D eigenvalue weighted by Crippen LogP contribution is 2.29. The molecular weight excluding hydrogens is 204 g/mol. The van der Waals surface area contributed by atoms with Gasteiger partial charge in [0.05, 0.1) is 0 Å². The molecule has 0 amide bonds. The van der Waals surface area contributed by atoms with Crippen molar-refractivity contribution in [2.45, 2.75) is 0 Å². The van der Waals surface area contributed by atoms with Gasteiger partial charge < -0.3 is 0 Å². The van der Waals surface area contributed by atoms with Gasteiger partial charge in [-0.2, -0.15) is 0 Å². The van der Waals surface area contributed by atoms with E-state index in [2.05, 4.69) is 15.9 Å². The number of hydrogen-bond donors (Lipinski definition) is 0. The largest absolute Gasteiger partial charge is 0.289 e. The zero-order chi connectivity index (χ0) is 7.84. The zero-order valence-corrected chi connectivity index (χ0v) is 7.26. The fourth-order valence-corrected chi connectivity index (χ4v) is 1.64. The number of rotatable bonds is 0. The van der Waals surface area contributed by atoms with Gasteiger partial charge in [0.15, 0.2) is 5.78 Å². The van der Waals surface area contributed by atoms with E-state index in [1.54, 1.807) is 12.2 Å². The Labute approximate surface area is 72.9 Å². The molecule has 2 rings (SSSR count). The van der Waals surface area contributed by atoms with Crippen LogP contribution in [-0.2, 0) is 4.79 Å². The third kappa shape index (κ3) is 1.03. The summed E-state index contributed by atoms with van der Waals surface area (Å²) in [6.07, 6.45) is 9.07. The lowest BCUT2D eigenvalue weighted by Crippen LogP contribution is -2.00. The van der Waals surface area contributed by atoms with Crippen LogP contribution in [0.2, 0.25) is 0 Å². The van der Waals surface area contributed by atoms with Crippen molar-refractivity contribution in [3.63, 3.8) is 0 Å². The third-order valence-corrected chi connectivity index (χ3v) is 2.13. The van der Waals surface area contributed by atoms with Gasteiger partial charge in [-0.25, -0.2) is 0 Å². The van der Waals surface area contributed by atoms with Gasteiger partial charge in [0, 0.05) is 10.1 Å². The molecule has 0 fully saturated rings. The molecule has 0 aromatic heterocycles. The fourth-order valence-electron chi connectivity index (χ4n) is 1.17. The lowest BCUT2D eigenvalue weighted by molar-refractivity contribution is -0.111. The quantitative estimate of drug-likeness (QED) is 0.598. The first-order valence-electron chi connectivity index (χ1n) is 3.29. The van der Waals surface area contributed by atoms with Gasteiger partial charge in [-0.05, 0) is 23.8 Å². The summed E-state index contributed by atoms with van der Waals surface area (Å²) in [4.78, 5) is 11.2. The summed E-state index contributed by atoms with van der Waals surface area (Å²) in [7, 11) is 0. The van der Waals surface area contributed by atoms with Crippen LogP contribution in [0.5, 0.6) is 0 Å². The summed E-state index contributed by atoms with van der Waals surface area (Å²) in [6, 6.07) is 0. The van der Waals surface area contributed by atoms with Crippen LogP contribution in [0.3, 0.4) is 0 Å². The van der Waals surface area contributed by atoms with Crippen molar-refractivity contribution in [1.29, 1.82) is 0 Å². The van der Waals surface area contributed by atoms with E-state index < -0.39 is 0 Å². The van der Waals surface area contributed by atoms with Crippen LogP contribution in [0.1, 0.15) is 0 Å². The van der Waals surface area contributed by atoms with E-state index >= 15 is 0 Å². The number of hydrogen-bond acceptors (Lipinski definition) is 1. The van der Waals surface area contributed by atoms with Crippen LogP contribution in [0.4, 0.5) is 0 Å². The maximum atomic E-state index is 11.2. The van der Waals surface area contributed by atoms with Gasteiger partial charge in [-0.3, -0.25) is 4.79 Å². The molecule has 0 atom stereocenters. The van der Waals surface area contributed by atoms with Gasteiger partial charge in [0.2, 0.25) is 0 Å². The lowest BCUT2D eigenvalue weighted by atomic mass is 10.0. The maximum absolute atomic E-state index is 11.2. The highest BCUT2D eigenvalue weighted by Gasteiger charge is 2.17. The molecule has 0 heterocycles. The average Bonchev–Trinajstić information content (AvgIpc) is 2.31. The Morgan fingerprint density at radius 3 is 2.82 bits per heavy atom. The predicted molar refractivity (Wildman–Crippen MR) is 47.3 cm³/mol. The van der Waals surface area contributed by atoms with Crippen LogP contribution in [0, 0.1) is 0 Å². The van der Waals surface area contributed by atoms with Crippen LogP contribution in [0.25, 0.3) is 0 Å². The first-order chi connectivity index (χ1) is 5.27. The molecule has 2 aliphatic rings. The zero-order valence-electron chi connectivity index (χ0n) is 5.67. The summed E-state index contributed by atoms with van der Waals surface area (Å²) in [5.41, 5.74) is 1.80. The Balaban J connectivity index is 2.53. The second kappa shape index (κ2) is 2.31. The summed E-state index contributed by atoms with van der Waals surface area (Å²) in [5.74, 6) is 0.0909. The topological polar surface area (TPSA) is 17.1 Å². The van der Waals surface area contributed by atoms with Crippen molar-refractivity contribution < 1.29 is 4.79 Å². The molecule has 0 bridgehead atoms. The van der Waals surface area contributed by atoms with Crippen molar-refractivity contribution in [3.05, 3.63) is 46.0 Å². The predicted octanol–water partition coefficient (Wildman–Crippen LogP) is 2.27. The molecule has 0 N–H and O–H groups in total. The minimum absolute atomic E-state index is 0.0909. The second-order valence-electron chi connectivity index (χ2n) is 2.43. The van der Waals surface area contributed by atoms with E-state index in [4.69, 9.17) is 0 Å². The lowest BCUT2D eigenvalue weighted by Gasteiger charge is -2.02. The first-order valence-corrected chi connectivity index (χ1v) is 4.08. The molecule has 11 heavy (non-hydrogen) atoms. The molecule has 0 aromatic rings. The summed E-state index contributed by atoms with van der Waals surface area (Å²) in [6.45, 7) is 0. The van der Waals surface area contributed by atoms with Crippen molar-refractivity contribution in [3.8, 4) is 0 Å². The Bertz CT molecular complexity index is 343. The minimum Gasteiger partial charge on any atom is -0.289 e. The Morgan fingerprint density at radius 2 is 2.09 bits per heavy atom. The van der Waals surface area contributed by atoms with E-state index in [1.165, 1.54) is 0 Å². The Morgan fingerprint density at radius 1 is 1.27 bits per heavy atom. The standard InChI is InChI=1S/C9H5BrO/c10-7-4-6-2-1-3-9(11)8(6)5-7/h1-5H. The molecule has 0 aromatic carbocycles. The van der Waals surface area contributed by atoms with E-state index in [-0.39, 0.29) is 5.78 Å². The number of carbonyl (C=O) groups excluding carboxylic acids is 1. The minimum atomic E-state index is 0.0909. The molecule has 54 valence electrons. The summed E-state index contributed by atoms with van der Waals surface area (Å²) >= 11 is 3.32. The van der Waals surface area contributed by atoms with Crippen LogP contribution < -0.4 is 0 Å². The normalized spacial score (nSPS) is 20.8. The molecule has 0 unspecified atom stereocenters. The molecule has 1 nitrogen and oxygen atoms in total. The molecule has 2 heteroatoms. The third-order valence-electron chi connectivity index (χ3n) is 1.68. The Kier molecular flexibility index (Phi) is 1.43. The number of ketones is 1. The van der Waals surface area contributed by atoms with E-state index in [0.717, 1.165) is 15.6 Å². The van der Waals surface area contributed by atoms with Crippen molar-refractivity contribution >= 4 is 21.7 Å². The van der Waals surface area contributed by atoms with Gasteiger partial charge in [0.1, 0.15) is 0 Å². The number of fused-ring (bicyclic) bond motifs is 1. The maximum Gasteiger partial charge on any atom is 0.186 e. The molecule has 0 aliphatic heterocycles. The highest BCUT2D eigenvalue weighted by atomic mass is 79.9. The van der Waals surface area contributed by atoms with Crippen LogP contribution in [-0.4, -0.2) is 5.78 Å². The van der Waals surface area contributed by atoms with E-state index in [1.807, 2.05) is 18.2 Å². The van der Waals surface area contributed by atoms with Crippen molar-refractivity contribution in [2.24, 2.45) is 0 Å². The molecule has 0 saturated carbocycles.